The van der Waals surface area contributed by atoms with Gasteiger partial charge in [0.2, 0.25) is 5.91 Å². The Morgan fingerprint density at radius 1 is 1.07 bits per heavy atom. The number of piperidine rings is 1. The fraction of sp³-hybridized carbons (Fsp3) is 0.621. The summed E-state index contributed by atoms with van der Waals surface area (Å²) >= 11 is 1.51. The van der Waals surface area contributed by atoms with Gasteiger partial charge < -0.3 is 34.2 Å². The maximum absolute atomic E-state index is 12.5. The number of carbonyl (C=O) groups is 2. The molecule has 3 atom stereocenters. The Morgan fingerprint density at radius 3 is 2.64 bits per heavy atom. The number of amides is 2. The molecule has 6 rings (SSSR count). The molecule has 1 aromatic carbocycles. The van der Waals surface area contributed by atoms with Gasteiger partial charge in [-0.2, -0.15) is 0 Å². The summed E-state index contributed by atoms with van der Waals surface area (Å²) in [5.41, 5.74) is 2.06. The van der Waals surface area contributed by atoms with Crippen LogP contribution in [0.3, 0.4) is 0 Å². The third-order valence-electron chi connectivity index (χ3n) is 8.55. The number of ether oxygens (including phenoxy) is 2. The van der Waals surface area contributed by atoms with Crippen molar-refractivity contribution in [2.24, 2.45) is 10.9 Å². The Bertz CT molecular complexity index is 1310. The molecule has 3 saturated heterocycles. The maximum atomic E-state index is 12.5. The minimum Gasteiger partial charge on any atom is -0.448 e. The van der Waals surface area contributed by atoms with Crippen LogP contribution < -0.4 is 9.80 Å². The highest BCUT2D eigenvalue weighted by Gasteiger charge is 2.34. The topological polar surface area (TPSA) is 124 Å². The van der Waals surface area contributed by atoms with Gasteiger partial charge in [-0.05, 0) is 31.0 Å². The zero-order valence-electron chi connectivity index (χ0n) is 24.1. The monoisotopic (exact) mass is 597 g/mol. The van der Waals surface area contributed by atoms with Gasteiger partial charge in [-0.25, -0.2) is 14.8 Å². The molecule has 5 heterocycles. The highest BCUT2D eigenvalue weighted by molar-refractivity contribution is 8.14. The summed E-state index contributed by atoms with van der Waals surface area (Å²) < 4.78 is 11.1. The molecule has 4 aliphatic rings. The molecule has 4 aliphatic heterocycles. The molecule has 226 valence electrons. The van der Waals surface area contributed by atoms with Crippen molar-refractivity contribution in [1.29, 1.82) is 0 Å². The number of anilines is 2. The largest absolute Gasteiger partial charge is 0.448 e. The quantitative estimate of drug-likeness (QED) is 0.528. The van der Waals surface area contributed by atoms with Crippen molar-refractivity contribution in [3.8, 4) is 0 Å². The number of thioether (sulfide) groups is 1. The second-order valence-corrected chi connectivity index (χ2v) is 12.6. The van der Waals surface area contributed by atoms with E-state index in [1.54, 1.807) is 23.1 Å². The van der Waals surface area contributed by atoms with Crippen LogP contribution >= 0.6 is 11.8 Å². The summed E-state index contributed by atoms with van der Waals surface area (Å²) in [6.07, 6.45) is 2.47. The summed E-state index contributed by atoms with van der Waals surface area (Å²) in [7, 11) is 0. The van der Waals surface area contributed by atoms with E-state index >= 15 is 0 Å². The average molecular weight is 598 g/mol. The van der Waals surface area contributed by atoms with E-state index in [0.29, 0.717) is 39.3 Å². The average Bonchev–Trinajstić information content (AvgIpc) is 3.52. The first-order valence-corrected chi connectivity index (χ1v) is 15.7. The maximum Gasteiger partial charge on any atom is 0.409 e. The number of aliphatic hydroxyl groups excluding tert-OH is 1. The van der Waals surface area contributed by atoms with Crippen molar-refractivity contribution in [3.63, 3.8) is 0 Å². The van der Waals surface area contributed by atoms with E-state index in [1.165, 1.54) is 11.8 Å². The summed E-state index contributed by atoms with van der Waals surface area (Å²) in [6.45, 7) is 9.10. The zero-order valence-corrected chi connectivity index (χ0v) is 24.9. The van der Waals surface area contributed by atoms with Crippen LogP contribution in [0.4, 0.5) is 16.3 Å². The Kier molecular flexibility index (Phi) is 8.96. The van der Waals surface area contributed by atoms with E-state index in [1.807, 2.05) is 0 Å². The molecule has 42 heavy (non-hydrogen) atoms. The molecule has 0 radical (unpaired) electrons. The van der Waals surface area contributed by atoms with Crippen LogP contribution in [-0.2, 0) is 14.3 Å². The van der Waals surface area contributed by atoms with Gasteiger partial charge in [-0.1, -0.05) is 11.8 Å². The summed E-state index contributed by atoms with van der Waals surface area (Å²) in [6, 6.07) is 6.38. The highest BCUT2D eigenvalue weighted by Crippen LogP contribution is 2.33. The predicted molar refractivity (Wildman–Crippen MR) is 162 cm³/mol. The lowest BCUT2D eigenvalue weighted by molar-refractivity contribution is -0.130. The number of rotatable bonds is 6. The first kappa shape index (κ1) is 28.9. The van der Waals surface area contributed by atoms with Gasteiger partial charge in [-0.15, -0.1) is 0 Å². The molecule has 3 unspecified atom stereocenters. The number of piperazine rings is 1. The number of nitrogens with zero attached hydrogens (tertiary/aromatic N) is 7. The number of aromatic nitrogens is 2. The van der Waals surface area contributed by atoms with Gasteiger partial charge >= 0.3 is 6.09 Å². The molecule has 0 saturated carbocycles. The Balaban J connectivity index is 1.02. The molecule has 3 fully saturated rings. The van der Waals surface area contributed by atoms with Crippen LogP contribution in [0.25, 0.3) is 10.9 Å². The number of aliphatic imine (C=N–C) groups is 1. The van der Waals surface area contributed by atoms with Gasteiger partial charge in [0.15, 0.2) is 0 Å². The molecule has 1 aromatic heterocycles. The van der Waals surface area contributed by atoms with Crippen LogP contribution in [0.2, 0.25) is 0 Å². The highest BCUT2D eigenvalue weighted by atomic mass is 32.2. The summed E-state index contributed by atoms with van der Waals surface area (Å²) in [5, 5.41) is 13.1. The van der Waals surface area contributed by atoms with Crippen molar-refractivity contribution in [2.45, 2.75) is 31.1 Å². The Hall–Kier alpha value is -3.16. The molecule has 0 spiro atoms. The second-order valence-electron chi connectivity index (χ2n) is 11.3. The Labute approximate surface area is 250 Å². The van der Waals surface area contributed by atoms with Crippen LogP contribution in [0, 0.1) is 5.92 Å². The van der Waals surface area contributed by atoms with Crippen LogP contribution in [0.15, 0.2) is 29.5 Å². The molecule has 2 aromatic rings. The van der Waals surface area contributed by atoms with Gasteiger partial charge in [0, 0.05) is 76.3 Å². The first-order chi connectivity index (χ1) is 20.5. The normalized spacial score (nSPS) is 24.1. The molecule has 1 N–H and O–H groups in total. The number of hydrogen-bond acceptors (Lipinski definition) is 11. The van der Waals surface area contributed by atoms with Crippen molar-refractivity contribution >= 4 is 51.2 Å². The van der Waals surface area contributed by atoms with Crippen molar-refractivity contribution in [1.82, 2.24) is 19.8 Å². The standard InChI is InChI=1S/C29H39N7O5S/c1-20(37)33-7-9-35(10-8-33)29(39)41-18-23-16-30-28(42-23)26(38)21-3-2-6-36(17-21)27-24-5-4-22(15-25(24)31-19-32-27)34-11-13-40-14-12-34/h4-5,15,19,21,23,26,38H,2-3,6-14,16-18H2,1H3. The zero-order chi connectivity index (χ0) is 29.1. The number of benzene rings is 1. The smallest absolute Gasteiger partial charge is 0.409 e. The van der Waals surface area contributed by atoms with Gasteiger partial charge in [0.1, 0.15) is 24.9 Å². The fourth-order valence-electron chi connectivity index (χ4n) is 6.11. The summed E-state index contributed by atoms with van der Waals surface area (Å²) in [4.78, 5) is 45.9. The number of hydrogen-bond donors (Lipinski definition) is 1. The molecule has 0 bridgehead atoms. The van der Waals surface area contributed by atoms with E-state index in [2.05, 4.69) is 43.0 Å². The molecule has 2 amide bonds. The van der Waals surface area contributed by atoms with E-state index in [4.69, 9.17) is 9.47 Å². The molecule has 12 nitrogen and oxygen atoms in total. The number of morpholine rings is 1. The fourth-order valence-corrected chi connectivity index (χ4v) is 7.22. The van der Waals surface area contributed by atoms with Crippen LogP contribution in [0.5, 0.6) is 0 Å². The summed E-state index contributed by atoms with van der Waals surface area (Å²) in [5.74, 6) is 0.958. The third kappa shape index (κ3) is 6.42. The van der Waals surface area contributed by atoms with Crippen molar-refractivity contribution < 1.29 is 24.2 Å². The third-order valence-corrected chi connectivity index (χ3v) is 9.78. The van der Waals surface area contributed by atoms with Crippen molar-refractivity contribution in [2.75, 3.05) is 88.5 Å². The SMILES string of the molecule is CC(=O)N1CCN(C(=O)OCC2CN=C(C(O)C3CCCN(c4ncnc5cc(N6CCOCC6)ccc45)C3)S2)CC1. The molecule has 0 aliphatic carbocycles. The Morgan fingerprint density at radius 2 is 1.86 bits per heavy atom. The second kappa shape index (κ2) is 13.0. The van der Waals surface area contributed by atoms with Crippen LogP contribution in [0.1, 0.15) is 19.8 Å². The van der Waals surface area contributed by atoms with Crippen molar-refractivity contribution in [3.05, 3.63) is 24.5 Å². The minimum atomic E-state index is -0.667. The lowest BCUT2D eigenvalue weighted by atomic mass is 9.92. The first-order valence-electron chi connectivity index (χ1n) is 14.8. The number of carbonyl (C=O) groups excluding carboxylic acids is 2. The minimum absolute atomic E-state index is 0.0109. The van der Waals surface area contributed by atoms with E-state index in [-0.39, 0.29) is 29.8 Å². The van der Waals surface area contributed by atoms with E-state index < -0.39 is 6.10 Å². The van der Waals surface area contributed by atoms with Gasteiger partial charge in [0.05, 0.1) is 35.6 Å². The predicted octanol–water partition coefficient (Wildman–Crippen LogP) is 1.86. The molecular formula is C29H39N7O5S. The number of aliphatic hydroxyl groups is 1. The lowest BCUT2D eigenvalue weighted by Gasteiger charge is -2.36. The molecule has 13 heteroatoms. The molecular weight excluding hydrogens is 558 g/mol. The van der Waals surface area contributed by atoms with Gasteiger partial charge in [-0.3, -0.25) is 9.79 Å². The lowest BCUT2D eigenvalue weighted by Crippen LogP contribution is -2.50. The number of fused-ring (bicyclic) bond motifs is 1. The van der Waals surface area contributed by atoms with E-state index in [9.17, 15) is 14.7 Å². The van der Waals surface area contributed by atoms with Crippen LogP contribution in [-0.4, -0.2) is 132 Å². The van der Waals surface area contributed by atoms with Gasteiger partial charge in [0.25, 0.3) is 0 Å². The van der Waals surface area contributed by atoms with E-state index in [0.717, 1.165) is 73.1 Å².